The van der Waals surface area contributed by atoms with Crippen molar-refractivity contribution in [3.05, 3.63) is 59.1 Å². The predicted octanol–water partition coefficient (Wildman–Crippen LogP) is 3.23. The summed E-state index contributed by atoms with van der Waals surface area (Å²) in [5, 5.41) is 10.7. The van der Waals surface area contributed by atoms with Gasteiger partial charge in [-0.05, 0) is 55.0 Å². The zero-order valence-electron chi connectivity index (χ0n) is 13.3. The van der Waals surface area contributed by atoms with Crippen LogP contribution in [0.15, 0.2) is 53.4 Å². The van der Waals surface area contributed by atoms with Crippen LogP contribution in [0.4, 0.5) is 5.69 Å². The minimum atomic E-state index is -4.00. The van der Waals surface area contributed by atoms with E-state index in [-0.39, 0.29) is 16.9 Å². The molecule has 2 aromatic carbocycles. The van der Waals surface area contributed by atoms with Gasteiger partial charge in [-0.2, -0.15) is 0 Å². The summed E-state index contributed by atoms with van der Waals surface area (Å²) in [5.41, 5.74) is 0.792. The lowest BCUT2D eigenvalue weighted by molar-refractivity contribution is -0.136. The molecule has 0 spiro atoms. The van der Waals surface area contributed by atoms with Gasteiger partial charge in [0, 0.05) is 16.3 Å². The number of carboxylic acid groups (broad SMARTS) is 1. The van der Waals surface area contributed by atoms with Gasteiger partial charge in [0.25, 0.3) is 5.91 Å². The number of nitrogens with one attached hydrogen (secondary N) is 1. The summed E-state index contributed by atoms with van der Waals surface area (Å²) in [6, 6.07) is 11.7. The molecule has 0 aliphatic heterocycles. The average molecular weight is 382 g/mol. The smallest absolute Gasteiger partial charge is 0.322 e. The molecule has 2 N–H and O–H groups in total. The fourth-order valence-electron chi connectivity index (χ4n) is 2.22. The van der Waals surface area contributed by atoms with Crippen LogP contribution in [0.25, 0.3) is 0 Å². The molecule has 1 atom stereocenters. The number of hydrogen-bond donors (Lipinski definition) is 2. The summed E-state index contributed by atoms with van der Waals surface area (Å²) >= 11 is 5.77. The van der Waals surface area contributed by atoms with Crippen LogP contribution in [0.3, 0.4) is 0 Å². The number of rotatable bonds is 6. The molecule has 1 unspecified atom stereocenters. The van der Waals surface area contributed by atoms with Gasteiger partial charge in [0.15, 0.2) is 15.1 Å². The second-order valence-electron chi connectivity index (χ2n) is 5.27. The number of halogens is 1. The molecule has 0 fully saturated rings. The Hall–Kier alpha value is -2.38. The number of sulfone groups is 1. The van der Waals surface area contributed by atoms with E-state index in [1.165, 1.54) is 31.2 Å². The van der Waals surface area contributed by atoms with Gasteiger partial charge in [-0.3, -0.25) is 9.59 Å². The molecular weight excluding hydrogens is 366 g/mol. The van der Waals surface area contributed by atoms with E-state index in [9.17, 15) is 18.0 Å². The van der Waals surface area contributed by atoms with Crippen molar-refractivity contribution in [3.8, 4) is 0 Å². The average Bonchev–Trinajstić information content (AvgIpc) is 2.57. The van der Waals surface area contributed by atoms with Crippen LogP contribution in [0.1, 0.15) is 23.7 Å². The maximum absolute atomic E-state index is 12.3. The van der Waals surface area contributed by atoms with E-state index >= 15 is 0 Å². The van der Waals surface area contributed by atoms with Crippen LogP contribution in [0, 0.1) is 0 Å². The molecule has 0 bridgehead atoms. The van der Waals surface area contributed by atoms with Gasteiger partial charge in [0.05, 0.1) is 4.90 Å². The Morgan fingerprint density at radius 2 is 1.64 bits per heavy atom. The van der Waals surface area contributed by atoms with Crippen LogP contribution >= 0.6 is 11.6 Å². The van der Waals surface area contributed by atoms with Crippen molar-refractivity contribution < 1.29 is 23.1 Å². The summed E-state index contributed by atoms with van der Waals surface area (Å²) in [7, 11) is -4.00. The maximum Gasteiger partial charge on any atom is 0.322 e. The minimum Gasteiger partial charge on any atom is -0.480 e. The van der Waals surface area contributed by atoms with Gasteiger partial charge < -0.3 is 10.4 Å². The lowest BCUT2D eigenvalue weighted by Gasteiger charge is -2.12. The number of hydrogen-bond acceptors (Lipinski definition) is 4. The third kappa shape index (κ3) is 4.37. The molecule has 6 nitrogen and oxygen atoms in total. The van der Waals surface area contributed by atoms with E-state index in [1.54, 1.807) is 24.3 Å². The number of carboxylic acids is 1. The Labute approximate surface area is 150 Å². The van der Waals surface area contributed by atoms with Gasteiger partial charge in [-0.25, -0.2) is 8.42 Å². The van der Waals surface area contributed by atoms with Crippen molar-refractivity contribution in [2.45, 2.75) is 23.5 Å². The molecule has 8 heteroatoms. The van der Waals surface area contributed by atoms with E-state index in [0.29, 0.717) is 10.7 Å². The molecule has 0 saturated heterocycles. The zero-order chi connectivity index (χ0) is 18.6. The van der Waals surface area contributed by atoms with Crippen molar-refractivity contribution in [1.82, 2.24) is 0 Å². The molecule has 0 saturated carbocycles. The molecule has 132 valence electrons. The molecule has 0 radical (unpaired) electrons. The highest BCUT2D eigenvalue weighted by Crippen LogP contribution is 2.20. The van der Waals surface area contributed by atoms with Crippen LogP contribution in [0.5, 0.6) is 0 Å². The summed E-state index contributed by atoms with van der Waals surface area (Å²) < 4.78 is 24.6. The third-order valence-corrected chi connectivity index (χ3v) is 6.03. The highest BCUT2D eigenvalue weighted by molar-refractivity contribution is 7.92. The molecule has 2 rings (SSSR count). The lowest BCUT2D eigenvalue weighted by Crippen LogP contribution is -2.29. The van der Waals surface area contributed by atoms with Gasteiger partial charge in [-0.15, -0.1) is 0 Å². The first-order chi connectivity index (χ1) is 11.8. The molecule has 1 amide bonds. The molecule has 0 aliphatic rings. The lowest BCUT2D eigenvalue weighted by atomic mass is 10.2. The molecule has 25 heavy (non-hydrogen) atoms. The summed E-state index contributed by atoms with van der Waals surface area (Å²) in [4.78, 5) is 23.1. The normalized spacial score (nSPS) is 12.4. The number of aliphatic carboxylic acids is 1. The van der Waals surface area contributed by atoms with Crippen molar-refractivity contribution in [2.24, 2.45) is 0 Å². The zero-order valence-corrected chi connectivity index (χ0v) is 14.8. The minimum absolute atomic E-state index is 0.0452. The second kappa shape index (κ2) is 7.67. The standard InChI is InChI=1S/C17H16ClNO5S/c1-2-15(17(21)22)25(23,24)14-9-3-11(4-10-14)16(20)19-13-7-5-12(18)6-8-13/h3-10,15H,2H2,1H3,(H,19,20)(H,21,22). The summed E-state index contributed by atoms with van der Waals surface area (Å²) in [6.45, 7) is 1.49. The first-order valence-corrected chi connectivity index (χ1v) is 9.32. The Morgan fingerprint density at radius 3 is 2.12 bits per heavy atom. The van der Waals surface area contributed by atoms with E-state index < -0.39 is 27.0 Å². The predicted molar refractivity (Wildman–Crippen MR) is 94.7 cm³/mol. The SMILES string of the molecule is CCC(C(=O)O)S(=O)(=O)c1ccc(C(=O)Nc2ccc(Cl)cc2)cc1. The number of carbonyl (C=O) groups excluding carboxylic acids is 1. The monoisotopic (exact) mass is 381 g/mol. The van der Waals surface area contributed by atoms with Crippen molar-refractivity contribution in [1.29, 1.82) is 0 Å². The Morgan fingerprint density at radius 1 is 1.08 bits per heavy atom. The largest absolute Gasteiger partial charge is 0.480 e. The van der Waals surface area contributed by atoms with Crippen molar-refractivity contribution in [2.75, 3.05) is 5.32 Å². The highest BCUT2D eigenvalue weighted by Gasteiger charge is 2.32. The Balaban J connectivity index is 2.20. The summed E-state index contributed by atoms with van der Waals surface area (Å²) in [6.07, 6.45) is -0.0452. The van der Waals surface area contributed by atoms with Gasteiger partial charge in [-0.1, -0.05) is 18.5 Å². The van der Waals surface area contributed by atoms with Crippen LogP contribution in [-0.2, 0) is 14.6 Å². The third-order valence-electron chi connectivity index (χ3n) is 3.57. The van der Waals surface area contributed by atoms with Crippen molar-refractivity contribution in [3.63, 3.8) is 0 Å². The molecular formula is C17H16ClNO5S. The fourth-order valence-corrected chi connectivity index (χ4v) is 3.90. The fraction of sp³-hybridized carbons (Fsp3) is 0.176. The topological polar surface area (TPSA) is 101 Å². The quantitative estimate of drug-likeness (QED) is 0.800. The van der Waals surface area contributed by atoms with Gasteiger partial charge >= 0.3 is 5.97 Å². The Kier molecular flexibility index (Phi) is 5.81. The van der Waals surface area contributed by atoms with Crippen LogP contribution < -0.4 is 5.32 Å². The second-order valence-corrected chi connectivity index (χ2v) is 7.83. The number of benzene rings is 2. The van der Waals surface area contributed by atoms with E-state index in [0.717, 1.165) is 0 Å². The highest BCUT2D eigenvalue weighted by atomic mass is 35.5. The molecule has 0 aromatic heterocycles. The maximum atomic E-state index is 12.3. The van der Waals surface area contributed by atoms with E-state index in [4.69, 9.17) is 16.7 Å². The van der Waals surface area contributed by atoms with E-state index in [1.807, 2.05) is 0 Å². The summed E-state index contributed by atoms with van der Waals surface area (Å²) in [5.74, 6) is -1.82. The van der Waals surface area contributed by atoms with Gasteiger partial charge in [0.1, 0.15) is 0 Å². The molecule has 2 aromatic rings. The van der Waals surface area contributed by atoms with Crippen LogP contribution in [-0.4, -0.2) is 30.7 Å². The van der Waals surface area contributed by atoms with Crippen LogP contribution in [0.2, 0.25) is 5.02 Å². The first-order valence-electron chi connectivity index (χ1n) is 7.39. The van der Waals surface area contributed by atoms with E-state index in [2.05, 4.69) is 5.32 Å². The first kappa shape index (κ1) is 19.0. The van der Waals surface area contributed by atoms with Crippen molar-refractivity contribution >= 4 is 39.0 Å². The molecule has 0 aliphatic carbocycles. The van der Waals surface area contributed by atoms with Gasteiger partial charge in [0.2, 0.25) is 0 Å². The number of anilines is 1. The number of amides is 1. The molecule has 0 heterocycles. The number of carbonyl (C=O) groups is 2. The Bertz CT molecular complexity index is 876.